The van der Waals surface area contributed by atoms with Crippen LogP contribution in [0.4, 0.5) is 0 Å². The van der Waals surface area contributed by atoms with E-state index in [0.717, 1.165) is 63.9 Å². The second-order valence-electron chi connectivity index (χ2n) is 13.1. The zero-order chi connectivity index (χ0) is 30.7. The molecule has 0 fully saturated rings. The number of halogens is 2. The monoisotopic (exact) mass is 710 g/mol. The van der Waals surface area contributed by atoms with Crippen molar-refractivity contribution >= 4 is 75.7 Å². The number of rotatable bonds is 2. The second-order valence-corrected chi connectivity index (χ2v) is 14.8. The first-order valence-electron chi connectivity index (χ1n) is 15.2. The fourth-order valence-electron chi connectivity index (χ4n) is 7.64. The Hall–Kier alpha value is -4.12. The van der Waals surface area contributed by atoms with E-state index in [-0.39, 0.29) is 5.41 Å². The maximum Gasteiger partial charge on any atom is 0.150 e. The first kappa shape index (κ1) is 27.2. The van der Waals surface area contributed by atoms with E-state index in [2.05, 4.69) is 162 Å². The van der Waals surface area contributed by atoms with Crippen LogP contribution in [-0.2, 0) is 10.8 Å². The summed E-state index contributed by atoms with van der Waals surface area (Å²) in [6.07, 6.45) is 0. The molecule has 0 radical (unpaired) electrons. The van der Waals surface area contributed by atoms with Crippen molar-refractivity contribution < 1.29 is 8.83 Å². The Morgan fingerprint density at radius 3 is 1.80 bits per heavy atom. The molecule has 0 saturated carbocycles. The number of furan rings is 2. The minimum Gasteiger partial charge on any atom is -0.455 e. The predicted octanol–water partition coefficient (Wildman–Crippen LogP) is 12.7. The molecule has 0 unspecified atom stereocenters. The Balaban J connectivity index is 1.56. The minimum atomic E-state index is -0.603. The van der Waals surface area contributed by atoms with Crippen LogP contribution in [0.25, 0.3) is 55.0 Å². The van der Waals surface area contributed by atoms with Crippen LogP contribution in [0.2, 0.25) is 0 Å². The standard InChI is InChI=1S/C41H28Br2O2/c1-40(2,3)25-18-19-33-27(20-25)34-30(42)21-29-37(39(34)45-33)36-28(22-31(43)38-35(36)26-16-10-11-17-32(26)44-38)41(29,23-12-6-4-7-13-23)24-14-8-5-9-15-24/h4-22H,1-3H3. The Kier molecular flexibility index (Phi) is 5.71. The third kappa shape index (κ3) is 3.61. The summed E-state index contributed by atoms with van der Waals surface area (Å²) in [6, 6.07) is 41.4. The lowest BCUT2D eigenvalue weighted by atomic mass is 9.67. The van der Waals surface area contributed by atoms with E-state index in [1.54, 1.807) is 0 Å². The lowest BCUT2D eigenvalue weighted by Gasteiger charge is -2.34. The molecule has 0 spiro atoms. The topological polar surface area (TPSA) is 26.3 Å². The number of fused-ring (bicyclic) bond motifs is 11. The van der Waals surface area contributed by atoms with Crippen molar-refractivity contribution in [3.05, 3.63) is 152 Å². The Morgan fingerprint density at radius 2 is 1.11 bits per heavy atom. The van der Waals surface area contributed by atoms with Gasteiger partial charge in [0.15, 0.2) is 0 Å². The molecule has 0 N–H and O–H groups in total. The van der Waals surface area contributed by atoms with E-state index in [1.165, 1.54) is 27.8 Å². The van der Waals surface area contributed by atoms with E-state index in [1.807, 2.05) is 6.07 Å². The molecule has 0 bridgehead atoms. The molecule has 6 aromatic carbocycles. The number of benzene rings is 6. The molecule has 45 heavy (non-hydrogen) atoms. The summed E-state index contributed by atoms with van der Waals surface area (Å²) in [5.74, 6) is 0. The van der Waals surface area contributed by atoms with Gasteiger partial charge in [-0.3, -0.25) is 0 Å². The smallest absolute Gasteiger partial charge is 0.150 e. The second kappa shape index (κ2) is 9.45. The van der Waals surface area contributed by atoms with E-state index in [4.69, 9.17) is 8.83 Å². The van der Waals surface area contributed by atoms with Crippen LogP contribution in [0, 0.1) is 0 Å². The highest BCUT2D eigenvalue weighted by Crippen LogP contribution is 2.62. The summed E-state index contributed by atoms with van der Waals surface area (Å²) in [7, 11) is 0. The molecule has 0 saturated heterocycles. The van der Waals surface area contributed by atoms with E-state index in [9.17, 15) is 0 Å². The van der Waals surface area contributed by atoms with Crippen molar-refractivity contribution in [3.63, 3.8) is 0 Å². The molecular weight excluding hydrogens is 684 g/mol. The molecule has 0 aliphatic heterocycles. The molecule has 2 heterocycles. The molecule has 218 valence electrons. The van der Waals surface area contributed by atoms with Gasteiger partial charge in [-0.1, -0.05) is 122 Å². The fourth-order valence-corrected chi connectivity index (χ4v) is 8.77. The fraction of sp³-hybridized carbons (Fsp3) is 0.122. The average molecular weight is 712 g/mol. The molecule has 1 aliphatic carbocycles. The van der Waals surface area contributed by atoms with Crippen molar-refractivity contribution in [2.45, 2.75) is 31.6 Å². The van der Waals surface area contributed by atoms with Gasteiger partial charge in [-0.05, 0) is 79.5 Å². The summed E-state index contributed by atoms with van der Waals surface area (Å²) < 4.78 is 15.5. The summed E-state index contributed by atoms with van der Waals surface area (Å²) >= 11 is 8.04. The van der Waals surface area contributed by atoms with Crippen molar-refractivity contribution in [3.8, 4) is 11.1 Å². The third-order valence-corrected chi connectivity index (χ3v) is 10.8. The number of hydrogen-bond acceptors (Lipinski definition) is 2. The third-order valence-electron chi connectivity index (χ3n) is 9.63. The van der Waals surface area contributed by atoms with Gasteiger partial charge in [-0.25, -0.2) is 0 Å². The van der Waals surface area contributed by atoms with Crippen LogP contribution < -0.4 is 0 Å². The van der Waals surface area contributed by atoms with Crippen LogP contribution in [0.5, 0.6) is 0 Å². The summed E-state index contributed by atoms with van der Waals surface area (Å²) in [4.78, 5) is 0. The summed E-state index contributed by atoms with van der Waals surface area (Å²) in [6.45, 7) is 6.77. The molecule has 0 atom stereocenters. The highest BCUT2D eigenvalue weighted by molar-refractivity contribution is 9.11. The highest BCUT2D eigenvalue weighted by Gasteiger charge is 2.49. The van der Waals surface area contributed by atoms with Crippen LogP contribution >= 0.6 is 31.9 Å². The van der Waals surface area contributed by atoms with Crippen molar-refractivity contribution in [1.29, 1.82) is 0 Å². The SMILES string of the molecule is CC(C)(C)c1ccc2oc3c4c(cc(Br)c3c2c1)C(c1ccccc1)(c1ccccc1)c1cc(Br)c2oc3ccccc3c2c1-4. The van der Waals surface area contributed by atoms with Crippen molar-refractivity contribution in [2.75, 3.05) is 0 Å². The van der Waals surface area contributed by atoms with Crippen LogP contribution in [-0.4, -0.2) is 0 Å². The molecular formula is C41H28Br2O2. The summed E-state index contributed by atoms with van der Waals surface area (Å²) in [5, 5.41) is 4.41. The molecule has 2 nitrogen and oxygen atoms in total. The average Bonchev–Trinajstić information content (AvgIpc) is 3.70. The van der Waals surface area contributed by atoms with Crippen LogP contribution in [0.15, 0.2) is 133 Å². The van der Waals surface area contributed by atoms with Gasteiger partial charge in [0.25, 0.3) is 0 Å². The van der Waals surface area contributed by atoms with Gasteiger partial charge in [0, 0.05) is 37.1 Å². The highest BCUT2D eigenvalue weighted by atomic mass is 79.9. The Morgan fingerprint density at radius 1 is 0.533 bits per heavy atom. The predicted molar refractivity (Wildman–Crippen MR) is 192 cm³/mol. The van der Waals surface area contributed by atoms with Gasteiger partial charge < -0.3 is 8.83 Å². The molecule has 1 aliphatic rings. The lowest BCUT2D eigenvalue weighted by molar-refractivity contribution is 0.590. The molecule has 8 aromatic rings. The van der Waals surface area contributed by atoms with Gasteiger partial charge in [0.1, 0.15) is 22.3 Å². The molecule has 2 aromatic heterocycles. The van der Waals surface area contributed by atoms with Gasteiger partial charge in [0.2, 0.25) is 0 Å². The molecule has 9 rings (SSSR count). The van der Waals surface area contributed by atoms with E-state index in [0.29, 0.717) is 0 Å². The maximum absolute atomic E-state index is 6.96. The van der Waals surface area contributed by atoms with Gasteiger partial charge in [-0.15, -0.1) is 0 Å². The van der Waals surface area contributed by atoms with Gasteiger partial charge in [-0.2, -0.15) is 0 Å². The normalized spacial score (nSPS) is 14.1. The van der Waals surface area contributed by atoms with Gasteiger partial charge >= 0.3 is 0 Å². The van der Waals surface area contributed by atoms with Gasteiger partial charge in [0.05, 0.1) is 9.89 Å². The number of hydrogen-bond donors (Lipinski definition) is 0. The van der Waals surface area contributed by atoms with Crippen LogP contribution in [0.3, 0.4) is 0 Å². The maximum atomic E-state index is 6.96. The van der Waals surface area contributed by atoms with Crippen LogP contribution in [0.1, 0.15) is 48.6 Å². The minimum absolute atomic E-state index is 0.0114. The largest absolute Gasteiger partial charge is 0.455 e. The van der Waals surface area contributed by atoms with E-state index >= 15 is 0 Å². The van der Waals surface area contributed by atoms with E-state index < -0.39 is 5.41 Å². The number of para-hydroxylation sites is 1. The molecule has 4 heteroatoms. The zero-order valence-corrected chi connectivity index (χ0v) is 28.2. The quantitative estimate of drug-likeness (QED) is 0.178. The lowest BCUT2D eigenvalue weighted by Crippen LogP contribution is -2.28. The Bertz CT molecular complexity index is 2440. The zero-order valence-electron chi connectivity index (χ0n) is 25.0. The first-order valence-corrected chi connectivity index (χ1v) is 16.8. The van der Waals surface area contributed by atoms with Crippen molar-refractivity contribution in [1.82, 2.24) is 0 Å². The summed E-state index contributed by atoms with van der Waals surface area (Å²) in [5.41, 5.74) is 11.3. The Labute approximate surface area is 277 Å². The molecule has 0 amide bonds. The first-order chi connectivity index (χ1) is 21.8. The van der Waals surface area contributed by atoms with Crippen molar-refractivity contribution in [2.24, 2.45) is 0 Å².